The summed E-state index contributed by atoms with van der Waals surface area (Å²) in [4.78, 5) is 29.8. The van der Waals surface area contributed by atoms with E-state index in [0.717, 1.165) is 16.7 Å². The Bertz CT molecular complexity index is 924. The van der Waals surface area contributed by atoms with E-state index < -0.39 is 0 Å². The van der Waals surface area contributed by atoms with Gasteiger partial charge in [-0.2, -0.15) is 0 Å². The zero-order chi connectivity index (χ0) is 20.1. The Morgan fingerprint density at radius 1 is 1.29 bits per heavy atom. The number of para-hydroxylation sites is 1. The van der Waals surface area contributed by atoms with E-state index in [0.29, 0.717) is 36.7 Å². The number of likely N-dealkylation sites (N-methyl/N-ethyl adjacent to an activating group) is 1. The monoisotopic (exact) mass is 381 g/mol. The van der Waals surface area contributed by atoms with Gasteiger partial charge in [-0.1, -0.05) is 12.1 Å². The van der Waals surface area contributed by atoms with E-state index in [9.17, 15) is 9.59 Å². The second-order valence-electron chi connectivity index (χ2n) is 6.50. The molecule has 1 aliphatic rings. The van der Waals surface area contributed by atoms with Crippen molar-refractivity contribution in [1.82, 2.24) is 9.88 Å². The highest BCUT2D eigenvalue weighted by Gasteiger charge is 2.16. The summed E-state index contributed by atoms with van der Waals surface area (Å²) in [5.41, 5.74) is 2.65. The van der Waals surface area contributed by atoms with E-state index in [1.54, 1.807) is 38.4 Å². The number of carbonyl (C=O) groups is 2. The third-order valence-corrected chi connectivity index (χ3v) is 4.55. The number of aryl methyl sites for hydroxylation is 1. The Hall–Kier alpha value is -3.35. The molecule has 1 aliphatic heterocycles. The summed E-state index contributed by atoms with van der Waals surface area (Å²) >= 11 is 0. The summed E-state index contributed by atoms with van der Waals surface area (Å²) in [6, 6.07) is 7.52. The van der Waals surface area contributed by atoms with Gasteiger partial charge in [0.25, 0.3) is 0 Å². The standard InChI is InChI=1S/C21H23N3O4/c1-24(13-16-5-4-6-17(27-2)20(16)28-3)19(26)10-7-14-11-15-8-9-18(25)23-21(15)22-12-14/h4-7,10-12H,8-9,13H2,1-3H3,(H,22,23,25). The van der Waals surface area contributed by atoms with Crippen molar-refractivity contribution in [1.29, 1.82) is 0 Å². The molecule has 0 atom stereocenters. The molecule has 0 saturated carbocycles. The van der Waals surface area contributed by atoms with E-state index in [2.05, 4.69) is 10.3 Å². The van der Waals surface area contributed by atoms with Crippen LogP contribution in [-0.4, -0.2) is 43.0 Å². The SMILES string of the molecule is COc1cccc(CN(C)C(=O)C=Cc2cnc3c(c2)CCC(=O)N3)c1OC. The number of benzene rings is 1. The molecule has 0 radical (unpaired) electrons. The summed E-state index contributed by atoms with van der Waals surface area (Å²) in [6.07, 6.45) is 5.98. The maximum Gasteiger partial charge on any atom is 0.246 e. The van der Waals surface area contributed by atoms with Crippen LogP contribution in [0.1, 0.15) is 23.1 Å². The number of nitrogens with zero attached hydrogens (tertiary/aromatic N) is 2. The van der Waals surface area contributed by atoms with Crippen molar-refractivity contribution in [2.45, 2.75) is 19.4 Å². The van der Waals surface area contributed by atoms with E-state index in [4.69, 9.17) is 9.47 Å². The van der Waals surface area contributed by atoms with Crippen LogP contribution in [0.2, 0.25) is 0 Å². The molecule has 0 saturated heterocycles. The normalized spacial score (nSPS) is 13.0. The number of aromatic nitrogens is 1. The van der Waals surface area contributed by atoms with Gasteiger partial charge in [0.2, 0.25) is 11.8 Å². The molecule has 3 rings (SSSR count). The molecule has 0 aliphatic carbocycles. The van der Waals surface area contributed by atoms with Gasteiger partial charge in [0.1, 0.15) is 5.82 Å². The quantitative estimate of drug-likeness (QED) is 0.778. The van der Waals surface area contributed by atoms with Gasteiger partial charge in [0.05, 0.1) is 14.2 Å². The van der Waals surface area contributed by atoms with Gasteiger partial charge in [0, 0.05) is 37.8 Å². The number of methoxy groups -OCH3 is 2. The van der Waals surface area contributed by atoms with E-state index in [1.165, 1.54) is 6.08 Å². The van der Waals surface area contributed by atoms with Crippen LogP contribution in [0, 0.1) is 0 Å². The van der Waals surface area contributed by atoms with E-state index in [1.807, 2.05) is 24.3 Å². The van der Waals surface area contributed by atoms with Crippen LogP contribution in [0.4, 0.5) is 5.82 Å². The number of ether oxygens (including phenoxy) is 2. The van der Waals surface area contributed by atoms with Gasteiger partial charge in [-0.05, 0) is 35.8 Å². The molecule has 28 heavy (non-hydrogen) atoms. The highest BCUT2D eigenvalue weighted by Crippen LogP contribution is 2.31. The first kappa shape index (κ1) is 19.4. The van der Waals surface area contributed by atoms with Crippen molar-refractivity contribution in [3.63, 3.8) is 0 Å². The lowest BCUT2D eigenvalue weighted by Gasteiger charge is -2.18. The van der Waals surface area contributed by atoms with Crippen molar-refractivity contribution in [3.8, 4) is 11.5 Å². The number of nitrogens with one attached hydrogen (secondary N) is 1. The number of amides is 2. The molecule has 7 nitrogen and oxygen atoms in total. The van der Waals surface area contributed by atoms with Gasteiger partial charge in [-0.25, -0.2) is 4.98 Å². The van der Waals surface area contributed by atoms with Gasteiger partial charge in [0.15, 0.2) is 11.5 Å². The fourth-order valence-corrected chi connectivity index (χ4v) is 3.07. The van der Waals surface area contributed by atoms with Crippen molar-refractivity contribution < 1.29 is 19.1 Å². The zero-order valence-electron chi connectivity index (χ0n) is 16.2. The second-order valence-corrected chi connectivity index (χ2v) is 6.50. The van der Waals surface area contributed by atoms with Crippen molar-refractivity contribution in [2.24, 2.45) is 0 Å². The van der Waals surface area contributed by atoms with Crippen molar-refractivity contribution >= 4 is 23.7 Å². The van der Waals surface area contributed by atoms with Crippen LogP contribution in [0.5, 0.6) is 11.5 Å². The molecule has 2 aromatic rings. The molecule has 7 heteroatoms. The maximum absolute atomic E-state index is 12.5. The predicted molar refractivity (Wildman–Crippen MR) is 106 cm³/mol. The number of anilines is 1. The molecular weight excluding hydrogens is 358 g/mol. The largest absolute Gasteiger partial charge is 0.493 e. The Balaban J connectivity index is 1.69. The third kappa shape index (κ3) is 4.31. The first-order valence-electron chi connectivity index (χ1n) is 8.93. The van der Waals surface area contributed by atoms with Crippen LogP contribution in [-0.2, 0) is 22.6 Å². The minimum Gasteiger partial charge on any atom is -0.493 e. The molecule has 146 valence electrons. The molecule has 1 aromatic heterocycles. The summed E-state index contributed by atoms with van der Waals surface area (Å²) < 4.78 is 10.7. The molecule has 0 bridgehead atoms. The van der Waals surface area contributed by atoms with Crippen molar-refractivity contribution in [3.05, 3.63) is 53.2 Å². The predicted octanol–water partition coefficient (Wildman–Crippen LogP) is 2.66. The third-order valence-electron chi connectivity index (χ3n) is 4.55. The van der Waals surface area contributed by atoms with Gasteiger partial charge in [-0.3, -0.25) is 9.59 Å². The minimum absolute atomic E-state index is 0.0203. The van der Waals surface area contributed by atoms with Crippen LogP contribution in [0.3, 0.4) is 0 Å². The molecule has 0 fully saturated rings. The van der Waals surface area contributed by atoms with Gasteiger partial charge in [-0.15, -0.1) is 0 Å². The smallest absolute Gasteiger partial charge is 0.246 e. The summed E-state index contributed by atoms with van der Waals surface area (Å²) in [7, 11) is 4.89. The Kier molecular flexibility index (Phi) is 5.93. The fourth-order valence-electron chi connectivity index (χ4n) is 3.07. The van der Waals surface area contributed by atoms with Crippen molar-refractivity contribution in [2.75, 3.05) is 26.6 Å². The highest BCUT2D eigenvalue weighted by molar-refractivity contribution is 5.93. The zero-order valence-corrected chi connectivity index (χ0v) is 16.2. The number of rotatable bonds is 6. The topological polar surface area (TPSA) is 80.8 Å². The second kappa shape index (κ2) is 8.56. The van der Waals surface area contributed by atoms with E-state index >= 15 is 0 Å². The van der Waals surface area contributed by atoms with Gasteiger partial charge >= 0.3 is 0 Å². The summed E-state index contributed by atoms with van der Waals surface area (Å²) in [5.74, 6) is 1.68. The minimum atomic E-state index is -0.143. The number of pyridine rings is 1. The molecule has 2 heterocycles. The van der Waals surface area contributed by atoms with Crippen LogP contribution in [0.25, 0.3) is 6.08 Å². The number of carbonyl (C=O) groups excluding carboxylic acids is 2. The summed E-state index contributed by atoms with van der Waals surface area (Å²) in [5, 5.41) is 2.75. The Morgan fingerprint density at radius 3 is 2.86 bits per heavy atom. The van der Waals surface area contributed by atoms with Crippen LogP contribution >= 0.6 is 0 Å². The van der Waals surface area contributed by atoms with Crippen LogP contribution < -0.4 is 14.8 Å². The molecular formula is C21H23N3O4. The Morgan fingerprint density at radius 2 is 2.11 bits per heavy atom. The molecule has 0 unspecified atom stereocenters. The molecule has 1 aromatic carbocycles. The number of hydrogen-bond acceptors (Lipinski definition) is 5. The van der Waals surface area contributed by atoms with Crippen LogP contribution in [0.15, 0.2) is 36.5 Å². The number of hydrogen-bond donors (Lipinski definition) is 1. The average molecular weight is 381 g/mol. The average Bonchev–Trinajstić information content (AvgIpc) is 2.71. The Labute approximate surface area is 164 Å². The highest BCUT2D eigenvalue weighted by atomic mass is 16.5. The fraction of sp³-hybridized carbons (Fsp3) is 0.286. The van der Waals surface area contributed by atoms with Gasteiger partial charge < -0.3 is 19.7 Å². The first-order valence-corrected chi connectivity index (χ1v) is 8.93. The first-order chi connectivity index (χ1) is 13.5. The lowest BCUT2D eigenvalue weighted by Crippen LogP contribution is -2.24. The maximum atomic E-state index is 12.5. The number of fused-ring (bicyclic) bond motifs is 1. The molecule has 2 amide bonds. The van der Waals surface area contributed by atoms with E-state index in [-0.39, 0.29) is 11.8 Å². The lowest BCUT2D eigenvalue weighted by atomic mass is 10.0. The molecule has 1 N–H and O–H groups in total. The summed E-state index contributed by atoms with van der Waals surface area (Å²) in [6.45, 7) is 0.387. The molecule has 0 spiro atoms. The lowest BCUT2D eigenvalue weighted by molar-refractivity contribution is -0.125.